The number of rotatable bonds is 7. The van der Waals surface area contributed by atoms with Crippen LogP contribution in [0, 0.1) is 20.8 Å². The molecule has 0 radical (unpaired) electrons. The minimum atomic E-state index is -0.200. The predicted molar refractivity (Wildman–Crippen MR) is 99.1 cm³/mol. The first kappa shape index (κ1) is 18.5. The molecule has 2 rings (SSSR count). The van der Waals surface area contributed by atoms with E-state index in [1.165, 1.54) is 0 Å². The average molecular weight is 347 g/mol. The van der Waals surface area contributed by atoms with E-state index in [2.05, 4.69) is 28.6 Å². The molecule has 1 heterocycles. The lowest BCUT2D eigenvalue weighted by Gasteiger charge is -2.15. The van der Waals surface area contributed by atoms with E-state index in [1.54, 1.807) is 22.5 Å². The Balaban J connectivity index is 2.22. The summed E-state index contributed by atoms with van der Waals surface area (Å²) < 4.78 is 1.80. The zero-order valence-corrected chi connectivity index (χ0v) is 15.5. The number of aromatic nitrogens is 2. The minimum absolute atomic E-state index is 0.0517. The molecule has 1 unspecified atom stereocenters. The lowest BCUT2D eigenvalue weighted by Crippen LogP contribution is -2.37. The Morgan fingerprint density at radius 2 is 1.92 bits per heavy atom. The van der Waals surface area contributed by atoms with Gasteiger partial charge in [-0.05, 0) is 62.8 Å². The fraction of sp³-hybridized carbons (Fsp3) is 0.444. The minimum Gasteiger partial charge on any atom is -0.396 e. The summed E-state index contributed by atoms with van der Waals surface area (Å²) in [6.07, 6.45) is 2.53. The van der Waals surface area contributed by atoms with Crippen LogP contribution in [0.1, 0.15) is 33.7 Å². The highest BCUT2D eigenvalue weighted by Gasteiger charge is 2.17. The second-order valence-electron chi connectivity index (χ2n) is 6.07. The maximum atomic E-state index is 12.5. The van der Waals surface area contributed by atoms with Gasteiger partial charge in [-0.2, -0.15) is 16.9 Å². The van der Waals surface area contributed by atoms with Crippen LogP contribution in [0.15, 0.2) is 24.3 Å². The molecule has 0 fully saturated rings. The Bertz CT molecular complexity index is 686. The third-order valence-corrected chi connectivity index (χ3v) is 4.49. The summed E-state index contributed by atoms with van der Waals surface area (Å²) in [4.78, 5) is 12.5. The number of amides is 1. The topological polar surface area (TPSA) is 67.2 Å². The van der Waals surface area contributed by atoms with Crippen molar-refractivity contribution < 1.29 is 9.90 Å². The summed E-state index contributed by atoms with van der Waals surface area (Å²) in [5, 5.41) is 16.5. The Hall–Kier alpha value is -1.79. The molecule has 5 nitrogen and oxygen atoms in total. The molecule has 0 aliphatic rings. The van der Waals surface area contributed by atoms with E-state index >= 15 is 0 Å². The first-order valence-electron chi connectivity index (χ1n) is 8.00. The van der Waals surface area contributed by atoms with Crippen LogP contribution in [-0.2, 0) is 0 Å². The molecular formula is C18H25N3O2S. The van der Waals surface area contributed by atoms with Gasteiger partial charge in [0.15, 0.2) is 5.69 Å². The molecule has 0 saturated heterocycles. The van der Waals surface area contributed by atoms with Gasteiger partial charge in [0.2, 0.25) is 0 Å². The van der Waals surface area contributed by atoms with Crippen molar-refractivity contribution in [2.75, 3.05) is 18.6 Å². The van der Waals surface area contributed by atoms with Gasteiger partial charge in [0.25, 0.3) is 5.91 Å². The predicted octanol–water partition coefficient (Wildman–Crippen LogP) is 2.64. The number of aliphatic hydroxyl groups is 1. The van der Waals surface area contributed by atoms with Crippen LogP contribution in [0.4, 0.5) is 0 Å². The van der Waals surface area contributed by atoms with Gasteiger partial charge in [-0.25, -0.2) is 4.68 Å². The third-order valence-electron chi connectivity index (χ3n) is 3.75. The number of hydrogen-bond acceptors (Lipinski definition) is 4. The zero-order chi connectivity index (χ0) is 17.7. The van der Waals surface area contributed by atoms with Gasteiger partial charge in [0.05, 0.1) is 5.69 Å². The van der Waals surface area contributed by atoms with E-state index in [1.807, 2.05) is 27.0 Å². The van der Waals surface area contributed by atoms with E-state index < -0.39 is 0 Å². The number of benzene rings is 1. The van der Waals surface area contributed by atoms with E-state index in [-0.39, 0.29) is 18.6 Å². The third kappa shape index (κ3) is 4.61. The summed E-state index contributed by atoms with van der Waals surface area (Å²) in [5.41, 5.74) is 4.59. The van der Waals surface area contributed by atoms with Crippen LogP contribution < -0.4 is 5.32 Å². The van der Waals surface area contributed by atoms with Crippen molar-refractivity contribution in [3.05, 3.63) is 46.8 Å². The highest BCUT2D eigenvalue weighted by Crippen LogP contribution is 2.16. The van der Waals surface area contributed by atoms with Crippen LogP contribution >= 0.6 is 11.8 Å². The molecule has 0 spiro atoms. The van der Waals surface area contributed by atoms with Crippen LogP contribution in [0.2, 0.25) is 0 Å². The molecule has 2 N–H and O–H groups in total. The number of hydrogen-bond donors (Lipinski definition) is 2. The molecule has 1 amide bonds. The molecular weight excluding hydrogens is 322 g/mol. The van der Waals surface area contributed by atoms with Crippen molar-refractivity contribution in [1.29, 1.82) is 0 Å². The maximum Gasteiger partial charge on any atom is 0.272 e. The summed E-state index contributed by atoms with van der Waals surface area (Å²) in [5.74, 6) is 0.567. The van der Waals surface area contributed by atoms with Crippen molar-refractivity contribution in [1.82, 2.24) is 15.1 Å². The molecule has 0 saturated carbocycles. The first-order valence-corrected chi connectivity index (χ1v) is 9.40. The lowest BCUT2D eigenvalue weighted by atomic mass is 10.1. The summed E-state index contributed by atoms with van der Waals surface area (Å²) in [6, 6.07) is 7.96. The summed E-state index contributed by atoms with van der Waals surface area (Å²) in [6.45, 7) is 6.09. The molecule has 0 aliphatic heterocycles. The highest BCUT2D eigenvalue weighted by atomic mass is 32.2. The first-order chi connectivity index (χ1) is 11.4. The van der Waals surface area contributed by atoms with Crippen molar-refractivity contribution >= 4 is 17.7 Å². The average Bonchev–Trinajstić information content (AvgIpc) is 2.89. The Labute approximate surface area is 147 Å². The van der Waals surface area contributed by atoms with Crippen molar-refractivity contribution in [2.24, 2.45) is 0 Å². The number of nitrogens with zero attached hydrogens (tertiary/aromatic N) is 2. The fourth-order valence-corrected chi connectivity index (χ4v) is 3.39. The van der Waals surface area contributed by atoms with Gasteiger partial charge >= 0.3 is 0 Å². The van der Waals surface area contributed by atoms with E-state index in [0.717, 1.165) is 28.3 Å². The van der Waals surface area contributed by atoms with Gasteiger partial charge in [0.1, 0.15) is 0 Å². The van der Waals surface area contributed by atoms with Crippen LogP contribution in [0.25, 0.3) is 5.69 Å². The molecule has 6 heteroatoms. The van der Waals surface area contributed by atoms with Gasteiger partial charge in [-0.15, -0.1) is 0 Å². The molecule has 24 heavy (non-hydrogen) atoms. The molecule has 2 aromatic rings. The zero-order valence-electron chi connectivity index (χ0n) is 14.7. The van der Waals surface area contributed by atoms with Crippen LogP contribution in [0.3, 0.4) is 0 Å². The largest absolute Gasteiger partial charge is 0.396 e. The lowest BCUT2D eigenvalue weighted by molar-refractivity contribution is 0.0930. The summed E-state index contributed by atoms with van der Waals surface area (Å²) >= 11 is 1.64. The van der Waals surface area contributed by atoms with E-state index in [0.29, 0.717) is 12.1 Å². The normalized spacial score (nSPS) is 12.2. The van der Waals surface area contributed by atoms with Crippen LogP contribution in [0.5, 0.6) is 0 Å². The number of carbonyl (C=O) groups is 1. The van der Waals surface area contributed by atoms with E-state index in [4.69, 9.17) is 5.11 Å². The van der Waals surface area contributed by atoms with Crippen molar-refractivity contribution in [3.63, 3.8) is 0 Å². The number of aliphatic hydroxyl groups excluding tert-OH is 1. The fourth-order valence-electron chi connectivity index (χ4n) is 2.73. The quantitative estimate of drug-likeness (QED) is 0.808. The second kappa shape index (κ2) is 8.35. The molecule has 1 aromatic heterocycles. The monoisotopic (exact) mass is 347 g/mol. The smallest absolute Gasteiger partial charge is 0.272 e. The van der Waals surface area contributed by atoms with Gasteiger partial charge in [-0.1, -0.05) is 6.07 Å². The molecule has 130 valence electrons. The van der Waals surface area contributed by atoms with Gasteiger partial charge < -0.3 is 10.4 Å². The molecule has 1 aromatic carbocycles. The second-order valence-corrected chi connectivity index (χ2v) is 6.98. The Morgan fingerprint density at radius 3 is 2.50 bits per heavy atom. The van der Waals surface area contributed by atoms with E-state index in [9.17, 15) is 4.79 Å². The Kier molecular flexibility index (Phi) is 6.45. The molecule has 0 bridgehead atoms. The van der Waals surface area contributed by atoms with Crippen molar-refractivity contribution in [3.8, 4) is 5.69 Å². The number of carbonyl (C=O) groups excluding carboxylic acids is 1. The highest BCUT2D eigenvalue weighted by molar-refractivity contribution is 7.98. The number of thioether (sulfide) groups is 1. The molecule has 0 aliphatic carbocycles. The Morgan fingerprint density at radius 1 is 1.25 bits per heavy atom. The number of aryl methyl sites for hydroxylation is 3. The number of nitrogens with one attached hydrogen (secondary N) is 1. The van der Waals surface area contributed by atoms with Crippen molar-refractivity contribution in [2.45, 2.75) is 33.2 Å². The van der Waals surface area contributed by atoms with Gasteiger partial charge in [0, 0.05) is 24.1 Å². The van der Waals surface area contributed by atoms with Gasteiger partial charge in [-0.3, -0.25) is 4.79 Å². The summed E-state index contributed by atoms with van der Waals surface area (Å²) in [7, 11) is 0. The SMILES string of the molecule is CSCC(CCO)NC(=O)c1cc(C)n(-c2cc(C)cc(C)c2)n1. The standard InChI is InChI=1S/C18H25N3O2S/c1-12-7-13(2)9-16(8-12)21-14(3)10-17(20-21)18(23)19-15(5-6-22)11-24-4/h7-10,15,22H,5-6,11H2,1-4H3,(H,19,23). The molecule has 1 atom stereocenters. The maximum absolute atomic E-state index is 12.5. The van der Waals surface area contributed by atoms with Crippen LogP contribution in [-0.4, -0.2) is 45.5 Å².